The highest BCUT2D eigenvalue weighted by Gasteiger charge is 2.41. The fraction of sp³-hybridized carbons (Fsp3) is 1.00. The number of nitrogens with zero attached hydrogens (tertiary/aromatic N) is 1. The lowest BCUT2D eigenvalue weighted by molar-refractivity contribution is -0.181. The van der Waals surface area contributed by atoms with E-state index in [4.69, 9.17) is 9.47 Å². The molecule has 0 bridgehead atoms. The van der Waals surface area contributed by atoms with E-state index in [0.717, 1.165) is 26.0 Å². The zero-order chi connectivity index (χ0) is 15.8. The van der Waals surface area contributed by atoms with Gasteiger partial charge < -0.3 is 14.4 Å². The Kier molecular flexibility index (Phi) is 7.22. The summed E-state index contributed by atoms with van der Waals surface area (Å²) in [5.41, 5.74) is 0. The predicted molar refractivity (Wildman–Crippen MR) is 94.6 cm³/mol. The minimum Gasteiger partial charge on any atom is -0.347 e. The van der Waals surface area contributed by atoms with Gasteiger partial charge in [-0.1, -0.05) is 51.4 Å². The van der Waals surface area contributed by atoms with E-state index in [2.05, 4.69) is 4.90 Å². The van der Waals surface area contributed by atoms with Crippen molar-refractivity contribution in [2.45, 2.75) is 102 Å². The molecule has 0 N–H and O–H groups in total. The van der Waals surface area contributed by atoms with Gasteiger partial charge in [0, 0.05) is 19.4 Å². The Morgan fingerprint density at radius 1 is 0.696 bits per heavy atom. The van der Waals surface area contributed by atoms with E-state index >= 15 is 0 Å². The molecule has 0 aromatic heterocycles. The topological polar surface area (TPSA) is 21.7 Å². The van der Waals surface area contributed by atoms with Crippen LogP contribution >= 0.6 is 0 Å². The lowest BCUT2D eigenvalue weighted by Crippen LogP contribution is -2.39. The van der Waals surface area contributed by atoms with E-state index in [1.807, 2.05) is 0 Å². The number of rotatable bonds is 2. The van der Waals surface area contributed by atoms with Gasteiger partial charge in [-0.05, 0) is 38.8 Å². The van der Waals surface area contributed by atoms with Crippen LogP contribution in [-0.2, 0) is 9.47 Å². The van der Waals surface area contributed by atoms with Crippen LogP contribution in [0.15, 0.2) is 0 Å². The summed E-state index contributed by atoms with van der Waals surface area (Å²) in [4.78, 5) is 2.59. The van der Waals surface area contributed by atoms with Gasteiger partial charge in [0.2, 0.25) is 0 Å². The molecule has 134 valence electrons. The lowest BCUT2D eigenvalue weighted by atomic mass is 9.97. The van der Waals surface area contributed by atoms with Crippen LogP contribution in [0.1, 0.15) is 89.9 Å². The van der Waals surface area contributed by atoms with Crippen molar-refractivity contribution in [3.05, 3.63) is 0 Å². The van der Waals surface area contributed by atoms with Gasteiger partial charge in [0.25, 0.3) is 0 Å². The molecule has 2 aliphatic heterocycles. The SMILES string of the molecule is C1CCCCCC2(CCCCC1)OC[C@@H](CN1CCCCC1)O2. The summed E-state index contributed by atoms with van der Waals surface area (Å²) in [7, 11) is 0. The van der Waals surface area contributed by atoms with Crippen LogP contribution in [0.3, 0.4) is 0 Å². The lowest BCUT2D eigenvalue weighted by Gasteiger charge is -2.31. The van der Waals surface area contributed by atoms with Gasteiger partial charge >= 0.3 is 0 Å². The average Bonchev–Trinajstić information content (AvgIpc) is 2.95. The first kappa shape index (κ1) is 17.7. The molecule has 1 aliphatic carbocycles. The normalized spacial score (nSPS) is 31.6. The summed E-state index contributed by atoms with van der Waals surface area (Å²) in [6.07, 6.45) is 19.0. The molecule has 0 radical (unpaired) electrons. The molecule has 3 heteroatoms. The minimum absolute atomic E-state index is 0.236. The highest BCUT2D eigenvalue weighted by atomic mass is 16.7. The van der Waals surface area contributed by atoms with Crippen molar-refractivity contribution in [3.63, 3.8) is 0 Å². The van der Waals surface area contributed by atoms with Crippen LogP contribution in [0, 0.1) is 0 Å². The largest absolute Gasteiger partial charge is 0.347 e. The Bertz CT molecular complexity index is 316. The number of likely N-dealkylation sites (tertiary alicyclic amines) is 1. The van der Waals surface area contributed by atoms with E-state index in [9.17, 15) is 0 Å². The molecule has 2 heterocycles. The summed E-state index contributed by atoms with van der Waals surface area (Å²) in [6.45, 7) is 4.41. The first-order chi connectivity index (χ1) is 11.4. The number of piperidine rings is 1. The van der Waals surface area contributed by atoms with Crippen molar-refractivity contribution in [2.75, 3.05) is 26.2 Å². The summed E-state index contributed by atoms with van der Waals surface area (Å²) in [5, 5.41) is 0. The smallest absolute Gasteiger partial charge is 0.168 e. The molecule has 3 aliphatic rings. The summed E-state index contributed by atoms with van der Waals surface area (Å²) in [6, 6.07) is 0. The Balaban J connectivity index is 1.48. The number of hydrogen-bond donors (Lipinski definition) is 0. The van der Waals surface area contributed by atoms with Crippen molar-refractivity contribution in [3.8, 4) is 0 Å². The molecule has 0 aromatic carbocycles. The molecule has 1 saturated carbocycles. The molecule has 1 atom stereocenters. The van der Waals surface area contributed by atoms with Crippen molar-refractivity contribution in [2.24, 2.45) is 0 Å². The van der Waals surface area contributed by atoms with Crippen molar-refractivity contribution in [1.29, 1.82) is 0 Å². The molecule has 0 unspecified atom stereocenters. The van der Waals surface area contributed by atoms with Crippen LogP contribution in [0.5, 0.6) is 0 Å². The zero-order valence-corrected chi connectivity index (χ0v) is 15.1. The summed E-state index contributed by atoms with van der Waals surface area (Å²) >= 11 is 0. The second kappa shape index (κ2) is 9.39. The van der Waals surface area contributed by atoms with Gasteiger partial charge in [0.05, 0.1) is 12.7 Å². The number of hydrogen-bond acceptors (Lipinski definition) is 3. The molecular formula is C20H37NO2. The van der Waals surface area contributed by atoms with Gasteiger partial charge in [-0.2, -0.15) is 0 Å². The first-order valence-corrected chi connectivity index (χ1v) is 10.4. The van der Waals surface area contributed by atoms with Gasteiger partial charge in [-0.15, -0.1) is 0 Å². The monoisotopic (exact) mass is 323 g/mol. The van der Waals surface area contributed by atoms with Gasteiger partial charge in [0.1, 0.15) is 0 Å². The average molecular weight is 324 g/mol. The molecular weight excluding hydrogens is 286 g/mol. The fourth-order valence-electron chi connectivity index (χ4n) is 4.55. The number of ether oxygens (including phenoxy) is 2. The van der Waals surface area contributed by atoms with Crippen LogP contribution in [0.25, 0.3) is 0 Å². The molecule has 3 fully saturated rings. The van der Waals surface area contributed by atoms with Gasteiger partial charge in [-0.3, -0.25) is 0 Å². The third kappa shape index (κ3) is 5.72. The van der Waals surface area contributed by atoms with Crippen molar-refractivity contribution in [1.82, 2.24) is 4.90 Å². The molecule has 23 heavy (non-hydrogen) atoms. The molecule has 3 nitrogen and oxygen atoms in total. The van der Waals surface area contributed by atoms with E-state index in [1.165, 1.54) is 90.1 Å². The third-order valence-corrected chi connectivity index (χ3v) is 5.94. The van der Waals surface area contributed by atoms with Crippen LogP contribution in [0.2, 0.25) is 0 Å². The third-order valence-electron chi connectivity index (χ3n) is 5.94. The highest BCUT2D eigenvalue weighted by Crippen LogP contribution is 2.35. The molecule has 0 amide bonds. The first-order valence-electron chi connectivity index (χ1n) is 10.4. The van der Waals surface area contributed by atoms with Gasteiger partial charge in [-0.25, -0.2) is 0 Å². The van der Waals surface area contributed by atoms with E-state index in [0.29, 0.717) is 6.10 Å². The summed E-state index contributed by atoms with van der Waals surface area (Å²) in [5.74, 6) is -0.236. The maximum absolute atomic E-state index is 6.53. The summed E-state index contributed by atoms with van der Waals surface area (Å²) < 4.78 is 12.8. The standard InChI is InChI=1S/C20H37NO2/c1-2-4-6-9-13-20(14-10-7-5-3-1)22-18-19(23-20)17-21-15-11-8-12-16-21/h19H,1-18H2/t19-/m1/s1. The van der Waals surface area contributed by atoms with Crippen molar-refractivity contribution < 1.29 is 9.47 Å². The highest BCUT2D eigenvalue weighted by molar-refractivity contribution is 4.82. The molecule has 2 saturated heterocycles. The second-order valence-corrected chi connectivity index (χ2v) is 8.00. The maximum Gasteiger partial charge on any atom is 0.168 e. The maximum atomic E-state index is 6.53. The Morgan fingerprint density at radius 3 is 1.83 bits per heavy atom. The minimum atomic E-state index is -0.236. The van der Waals surface area contributed by atoms with Crippen molar-refractivity contribution >= 4 is 0 Å². The Hall–Kier alpha value is -0.120. The second-order valence-electron chi connectivity index (χ2n) is 8.00. The Morgan fingerprint density at radius 2 is 1.22 bits per heavy atom. The van der Waals surface area contributed by atoms with Crippen LogP contribution < -0.4 is 0 Å². The Labute approximate surface area is 143 Å². The van der Waals surface area contributed by atoms with E-state index < -0.39 is 0 Å². The molecule has 1 spiro atoms. The zero-order valence-electron chi connectivity index (χ0n) is 15.1. The van der Waals surface area contributed by atoms with Crippen LogP contribution in [0.4, 0.5) is 0 Å². The fourth-order valence-corrected chi connectivity index (χ4v) is 4.55. The van der Waals surface area contributed by atoms with E-state index in [-0.39, 0.29) is 5.79 Å². The molecule has 0 aromatic rings. The van der Waals surface area contributed by atoms with Crippen LogP contribution in [-0.4, -0.2) is 43.0 Å². The quantitative estimate of drug-likeness (QED) is 0.722. The molecule has 3 rings (SSSR count). The van der Waals surface area contributed by atoms with Gasteiger partial charge in [0.15, 0.2) is 5.79 Å². The van der Waals surface area contributed by atoms with E-state index in [1.54, 1.807) is 0 Å². The predicted octanol–water partition coefficient (Wildman–Crippen LogP) is 4.89.